The number of halogens is 1. The summed E-state index contributed by atoms with van der Waals surface area (Å²) in [5.74, 6) is 1.93. The van der Waals surface area contributed by atoms with E-state index in [1.807, 2.05) is 41.8 Å². The molecule has 3 rings (SSSR count). The molecule has 0 spiro atoms. The third-order valence-electron chi connectivity index (χ3n) is 3.05. The number of aromatic nitrogens is 3. The SMILES string of the molecule is CCOc1ccccc1-n1c(CCl)nc2cnccc21. The Hall–Kier alpha value is -2.07. The number of fused-ring (bicyclic) bond motifs is 1. The normalized spacial score (nSPS) is 10.9. The molecule has 20 heavy (non-hydrogen) atoms. The predicted octanol–water partition coefficient (Wildman–Crippen LogP) is 3.56. The zero-order valence-electron chi connectivity index (χ0n) is 11.1. The third-order valence-corrected chi connectivity index (χ3v) is 3.29. The second-order valence-electron chi connectivity index (χ2n) is 4.26. The average Bonchev–Trinajstić information content (AvgIpc) is 2.86. The monoisotopic (exact) mass is 287 g/mol. The van der Waals surface area contributed by atoms with Crippen molar-refractivity contribution in [2.45, 2.75) is 12.8 Å². The van der Waals surface area contributed by atoms with E-state index in [-0.39, 0.29) is 0 Å². The van der Waals surface area contributed by atoms with Crippen LogP contribution in [0.4, 0.5) is 0 Å². The van der Waals surface area contributed by atoms with Crippen LogP contribution >= 0.6 is 11.6 Å². The Morgan fingerprint density at radius 3 is 2.90 bits per heavy atom. The number of rotatable bonds is 4. The van der Waals surface area contributed by atoms with Crippen LogP contribution in [0.3, 0.4) is 0 Å². The molecule has 4 nitrogen and oxygen atoms in total. The van der Waals surface area contributed by atoms with Crippen LogP contribution in [0.15, 0.2) is 42.7 Å². The zero-order chi connectivity index (χ0) is 13.9. The molecule has 0 aliphatic rings. The number of hydrogen-bond donors (Lipinski definition) is 0. The number of benzene rings is 1. The summed E-state index contributed by atoms with van der Waals surface area (Å²) in [6.45, 7) is 2.58. The summed E-state index contributed by atoms with van der Waals surface area (Å²) in [6.07, 6.45) is 3.49. The van der Waals surface area contributed by atoms with E-state index in [0.29, 0.717) is 12.5 Å². The smallest absolute Gasteiger partial charge is 0.143 e. The minimum atomic E-state index is 0.329. The standard InChI is InChI=1S/C15H14ClN3O/c1-2-20-14-6-4-3-5-13(14)19-12-7-8-17-10-11(12)18-15(19)9-16/h3-8,10H,2,9H2,1H3. The fourth-order valence-corrected chi connectivity index (χ4v) is 2.44. The first-order valence-electron chi connectivity index (χ1n) is 6.44. The van der Waals surface area contributed by atoms with E-state index in [1.54, 1.807) is 12.4 Å². The highest BCUT2D eigenvalue weighted by Crippen LogP contribution is 2.28. The molecule has 0 unspecified atom stereocenters. The number of alkyl halides is 1. The number of pyridine rings is 1. The largest absolute Gasteiger partial charge is 0.492 e. The van der Waals surface area contributed by atoms with Crippen molar-refractivity contribution >= 4 is 22.6 Å². The zero-order valence-corrected chi connectivity index (χ0v) is 11.8. The van der Waals surface area contributed by atoms with Crippen molar-refractivity contribution in [2.75, 3.05) is 6.61 Å². The van der Waals surface area contributed by atoms with Gasteiger partial charge in [-0.25, -0.2) is 4.98 Å². The Kier molecular flexibility index (Phi) is 3.56. The summed E-state index contributed by atoms with van der Waals surface area (Å²) < 4.78 is 7.72. The Balaban J connectivity index is 2.28. The summed E-state index contributed by atoms with van der Waals surface area (Å²) in [4.78, 5) is 8.63. The fraction of sp³-hybridized carbons (Fsp3) is 0.200. The van der Waals surface area contributed by atoms with Crippen LogP contribution in [0.1, 0.15) is 12.7 Å². The van der Waals surface area contributed by atoms with Gasteiger partial charge in [0.2, 0.25) is 0 Å². The molecule has 2 heterocycles. The quantitative estimate of drug-likeness (QED) is 0.689. The van der Waals surface area contributed by atoms with Gasteiger partial charge in [0.05, 0.1) is 29.9 Å². The molecule has 0 amide bonds. The summed E-state index contributed by atoms with van der Waals surface area (Å²) in [5, 5.41) is 0. The van der Waals surface area contributed by atoms with Gasteiger partial charge in [0.15, 0.2) is 0 Å². The van der Waals surface area contributed by atoms with Crippen LogP contribution in [0.5, 0.6) is 5.75 Å². The van der Waals surface area contributed by atoms with Crippen molar-refractivity contribution in [2.24, 2.45) is 0 Å². The maximum absolute atomic E-state index is 6.04. The molecular weight excluding hydrogens is 274 g/mol. The lowest BCUT2D eigenvalue weighted by atomic mass is 10.2. The molecule has 0 saturated heterocycles. The van der Waals surface area contributed by atoms with Crippen molar-refractivity contribution in [3.8, 4) is 11.4 Å². The van der Waals surface area contributed by atoms with Crippen LogP contribution in [0.25, 0.3) is 16.7 Å². The number of ether oxygens (including phenoxy) is 1. The van der Waals surface area contributed by atoms with E-state index in [1.165, 1.54) is 0 Å². The van der Waals surface area contributed by atoms with Gasteiger partial charge in [-0.05, 0) is 25.1 Å². The second kappa shape index (κ2) is 5.51. The molecule has 0 aliphatic carbocycles. The van der Waals surface area contributed by atoms with Gasteiger partial charge in [-0.2, -0.15) is 0 Å². The number of hydrogen-bond acceptors (Lipinski definition) is 3. The van der Waals surface area contributed by atoms with Crippen molar-refractivity contribution in [1.29, 1.82) is 0 Å². The van der Waals surface area contributed by atoms with Gasteiger partial charge < -0.3 is 4.74 Å². The van der Waals surface area contributed by atoms with E-state index in [4.69, 9.17) is 16.3 Å². The van der Waals surface area contributed by atoms with Gasteiger partial charge in [0.1, 0.15) is 17.1 Å². The van der Waals surface area contributed by atoms with E-state index >= 15 is 0 Å². The third kappa shape index (κ3) is 2.12. The highest BCUT2D eigenvalue weighted by molar-refractivity contribution is 6.17. The molecule has 0 fully saturated rings. The molecule has 0 atom stereocenters. The first kappa shape index (κ1) is 12.9. The molecule has 0 aliphatic heterocycles. The predicted molar refractivity (Wildman–Crippen MR) is 79.6 cm³/mol. The van der Waals surface area contributed by atoms with Crippen LogP contribution in [0.2, 0.25) is 0 Å². The number of para-hydroxylation sites is 2. The lowest BCUT2D eigenvalue weighted by molar-refractivity contribution is 0.339. The summed E-state index contributed by atoms with van der Waals surface area (Å²) in [5.41, 5.74) is 2.75. The van der Waals surface area contributed by atoms with E-state index in [0.717, 1.165) is 28.3 Å². The van der Waals surface area contributed by atoms with Crippen LogP contribution < -0.4 is 4.74 Å². The molecule has 0 radical (unpaired) electrons. The van der Waals surface area contributed by atoms with Crippen molar-refractivity contribution in [3.05, 3.63) is 48.5 Å². The minimum Gasteiger partial charge on any atom is -0.492 e. The molecule has 3 aromatic rings. The van der Waals surface area contributed by atoms with Crippen molar-refractivity contribution in [3.63, 3.8) is 0 Å². The Bertz CT molecular complexity index is 739. The molecule has 0 N–H and O–H groups in total. The van der Waals surface area contributed by atoms with Crippen LogP contribution in [-0.2, 0) is 5.88 Å². The molecule has 5 heteroatoms. The van der Waals surface area contributed by atoms with Gasteiger partial charge in [-0.1, -0.05) is 12.1 Å². The topological polar surface area (TPSA) is 39.9 Å². The van der Waals surface area contributed by atoms with Gasteiger partial charge in [-0.15, -0.1) is 11.6 Å². The summed E-state index contributed by atoms with van der Waals surface area (Å²) >= 11 is 6.04. The molecule has 102 valence electrons. The molecule has 1 aromatic carbocycles. The Morgan fingerprint density at radius 2 is 2.10 bits per heavy atom. The summed E-state index contributed by atoms with van der Waals surface area (Å²) in [6, 6.07) is 9.81. The highest BCUT2D eigenvalue weighted by atomic mass is 35.5. The van der Waals surface area contributed by atoms with Crippen LogP contribution in [-0.4, -0.2) is 21.1 Å². The molecule has 0 saturated carbocycles. The van der Waals surface area contributed by atoms with Crippen molar-refractivity contribution in [1.82, 2.24) is 14.5 Å². The Labute approximate surface area is 122 Å². The van der Waals surface area contributed by atoms with Gasteiger partial charge >= 0.3 is 0 Å². The van der Waals surface area contributed by atoms with E-state index in [2.05, 4.69) is 9.97 Å². The van der Waals surface area contributed by atoms with E-state index < -0.39 is 0 Å². The van der Waals surface area contributed by atoms with Crippen LogP contribution in [0, 0.1) is 0 Å². The molecular formula is C15H14ClN3O. The Morgan fingerprint density at radius 1 is 1.25 bits per heavy atom. The average molecular weight is 288 g/mol. The van der Waals surface area contributed by atoms with E-state index in [9.17, 15) is 0 Å². The summed E-state index contributed by atoms with van der Waals surface area (Å²) in [7, 11) is 0. The van der Waals surface area contributed by atoms with Gasteiger partial charge in [-0.3, -0.25) is 9.55 Å². The van der Waals surface area contributed by atoms with Crippen molar-refractivity contribution < 1.29 is 4.74 Å². The maximum atomic E-state index is 6.04. The van der Waals surface area contributed by atoms with Gasteiger partial charge in [0.25, 0.3) is 0 Å². The van der Waals surface area contributed by atoms with Gasteiger partial charge in [0, 0.05) is 6.20 Å². The second-order valence-corrected chi connectivity index (χ2v) is 4.53. The lowest BCUT2D eigenvalue weighted by Crippen LogP contribution is -2.03. The first-order chi connectivity index (χ1) is 9.85. The number of imidazole rings is 1. The first-order valence-corrected chi connectivity index (χ1v) is 6.98. The highest BCUT2D eigenvalue weighted by Gasteiger charge is 2.14. The fourth-order valence-electron chi connectivity index (χ4n) is 2.26. The number of nitrogens with zero attached hydrogens (tertiary/aromatic N) is 3. The lowest BCUT2D eigenvalue weighted by Gasteiger charge is -2.13. The minimum absolute atomic E-state index is 0.329. The maximum Gasteiger partial charge on any atom is 0.143 e. The molecule has 2 aromatic heterocycles. The molecule has 0 bridgehead atoms.